The Hall–Kier alpha value is -3.35. The maximum atomic E-state index is 5.77. The fraction of sp³-hybridized carbons (Fsp3) is 0.211. The van der Waals surface area contributed by atoms with Crippen LogP contribution in [0.2, 0.25) is 0 Å². The molecular weight excluding hydrogens is 330 g/mol. The number of H-pyrrole nitrogens is 1. The average molecular weight is 349 g/mol. The Morgan fingerprint density at radius 2 is 1.96 bits per heavy atom. The molecule has 0 saturated heterocycles. The normalized spacial score (nSPS) is 11.2. The van der Waals surface area contributed by atoms with Gasteiger partial charge in [0.2, 0.25) is 0 Å². The van der Waals surface area contributed by atoms with Gasteiger partial charge in [0.05, 0.1) is 29.9 Å². The number of hydrogen-bond donors (Lipinski definition) is 1. The summed E-state index contributed by atoms with van der Waals surface area (Å²) in [4.78, 5) is 12.0. The van der Waals surface area contributed by atoms with Crippen LogP contribution in [0.4, 0.5) is 0 Å². The number of ether oxygens (including phenoxy) is 2. The van der Waals surface area contributed by atoms with Crippen molar-refractivity contribution in [2.24, 2.45) is 0 Å². The third kappa shape index (κ3) is 2.99. The van der Waals surface area contributed by atoms with Crippen LogP contribution in [0.1, 0.15) is 13.8 Å². The number of hydrogen-bond acceptors (Lipinski definition) is 5. The van der Waals surface area contributed by atoms with Crippen LogP contribution in [0, 0.1) is 0 Å². The molecule has 0 radical (unpaired) electrons. The lowest BCUT2D eigenvalue weighted by atomic mass is 10.2. The summed E-state index contributed by atoms with van der Waals surface area (Å²) < 4.78 is 12.9. The zero-order chi connectivity index (χ0) is 18.1. The molecule has 7 nitrogen and oxygen atoms in total. The first kappa shape index (κ1) is 16.1. The van der Waals surface area contributed by atoms with Crippen LogP contribution in [-0.4, -0.2) is 37.9 Å². The molecule has 0 unspecified atom stereocenters. The summed E-state index contributed by atoms with van der Waals surface area (Å²) in [6, 6.07) is 11.7. The minimum absolute atomic E-state index is 0.0798. The lowest BCUT2D eigenvalue weighted by molar-refractivity contribution is 0.230. The van der Waals surface area contributed by atoms with Gasteiger partial charge in [0.15, 0.2) is 11.5 Å². The molecular formula is C19H19N5O2. The van der Waals surface area contributed by atoms with Crippen molar-refractivity contribution in [2.75, 3.05) is 7.11 Å². The van der Waals surface area contributed by atoms with Crippen LogP contribution >= 0.6 is 0 Å². The molecule has 0 aliphatic heterocycles. The van der Waals surface area contributed by atoms with Gasteiger partial charge in [-0.1, -0.05) is 0 Å². The standard InChI is InChI=1S/C19H19N5O2/c1-12(2)26-17-7-4-13(8-18(17)25-3)19-22-15-6-5-14(9-16(15)23-19)24-11-20-10-21-24/h4-12H,1-3H3,(H,22,23). The molecule has 0 fully saturated rings. The van der Waals surface area contributed by atoms with Gasteiger partial charge in [-0.3, -0.25) is 0 Å². The minimum atomic E-state index is 0.0798. The zero-order valence-electron chi connectivity index (χ0n) is 14.8. The summed E-state index contributed by atoms with van der Waals surface area (Å²) in [5, 5.41) is 4.16. The molecule has 132 valence electrons. The Bertz CT molecular complexity index is 1040. The lowest BCUT2D eigenvalue weighted by Crippen LogP contribution is -2.06. The average Bonchev–Trinajstić information content (AvgIpc) is 3.30. The summed E-state index contributed by atoms with van der Waals surface area (Å²) in [5.41, 5.74) is 3.65. The summed E-state index contributed by atoms with van der Waals surface area (Å²) in [7, 11) is 1.63. The van der Waals surface area contributed by atoms with E-state index in [1.54, 1.807) is 18.1 Å². The number of nitrogens with zero attached hydrogens (tertiary/aromatic N) is 4. The van der Waals surface area contributed by atoms with Gasteiger partial charge >= 0.3 is 0 Å². The third-order valence-corrected chi connectivity index (χ3v) is 3.95. The molecule has 1 N–H and O–H groups in total. The van der Waals surface area contributed by atoms with Gasteiger partial charge in [-0.05, 0) is 50.2 Å². The molecule has 2 aromatic heterocycles. The largest absolute Gasteiger partial charge is 0.493 e. The molecule has 0 bridgehead atoms. The van der Waals surface area contributed by atoms with Gasteiger partial charge in [0.1, 0.15) is 18.5 Å². The molecule has 0 saturated carbocycles. The number of fused-ring (bicyclic) bond motifs is 1. The fourth-order valence-electron chi connectivity index (χ4n) is 2.78. The van der Waals surface area contributed by atoms with Gasteiger partial charge in [-0.25, -0.2) is 14.6 Å². The highest BCUT2D eigenvalue weighted by Crippen LogP contribution is 2.33. The molecule has 0 amide bonds. The highest BCUT2D eigenvalue weighted by atomic mass is 16.5. The van der Waals surface area contributed by atoms with Crippen LogP contribution in [0.15, 0.2) is 49.1 Å². The number of nitrogens with one attached hydrogen (secondary N) is 1. The van der Waals surface area contributed by atoms with Crippen molar-refractivity contribution in [1.82, 2.24) is 24.7 Å². The molecule has 0 spiro atoms. The summed E-state index contributed by atoms with van der Waals surface area (Å²) >= 11 is 0. The Morgan fingerprint density at radius 3 is 2.69 bits per heavy atom. The monoisotopic (exact) mass is 349 g/mol. The van der Waals surface area contributed by atoms with Crippen molar-refractivity contribution in [3.63, 3.8) is 0 Å². The van der Waals surface area contributed by atoms with E-state index in [4.69, 9.17) is 9.47 Å². The Labute approximate surface area is 150 Å². The van der Waals surface area contributed by atoms with Crippen LogP contribution < -0.4 is 9.47 Å². The minimum Gasteiger partial charge on any atom is -0.493 e. The molecule has 0 atom stereocenters. The second-order valence-corrected chi connectivity index (χ2v) is 6.16. The first-order valence-electron chi connectivity index (χ1n) is 8.34. The van der Waals surface area contributed by atoms with Crippen LogP contribution in [0.5, 0.6) is 11.5 Å². The molecule has 4 rings (SSSR count). The maximum absolute atomic E-state index is 5.77. The number of aromatic nitrogens is 5. The number of benzene rings is 2. The van der Waals surface area contributed by atoms with Crippen molar-refractivity contribution in [3.05, 3.63) is 49.1 Å². The summed E-state index contributed by atoms with van der Waals surface area (Å²) in [6.45, 7) is 3.97. The van der Waals surface area contributed by atoms with Gasteiger partial charge in [0, 0.05) is 5.56 Å². The first-order chi connectivity index (χ1) is 12.6. The molecule has 4 aromatic rings. The SMILES string of the molecule is COc1cc(-c2nc3ccc(-n4cncn4)cc3[nH]2)ccc1OC(C)C. The third-order valence-electron chi connectivity index (χ3n) is 3.95. The molecule has 2 heterocycles. The molecule has 26 heavy (non-hydrogen) atoms. The Balaban J connectivity index is 1.72. The predicted molar refractivity (Wildman–Crippen MR) is 98.8 cm³/mol. The predicted octanol–water partition coefficient (Wildman–Crippen LogP) is 3.61. The van der Waals surface area contributed by atoms with Crippen molar-refractivity contribution in [2.45, 2.75) is 20.0 Å². The van der Waals surface area contributed by atoms with Crippen molar-refractivity contribution in [3.8, 4) is 28.6 Å². The smallest absolute Gasteiger partial charge is 0.161 e. The maximum Gasteiger partial charge on any atom is 0.161 e. The van der Waals surface area contributed by atoms with Crippen LogP contribution in [-0.2, 0) is 0 Å². The lowest BCUT2D eigenvalue weighted by Gasteiger charge is -2.14. The highest BCUT2D eigenvalue weighted by Gasteiger charge is 2.12. The van der Waals surface area contributed by atoms with Crippen LogP contribution in [0.3, 0.4) is 0 Å². The van der Waals surface area contributed by atoms with E-state index >= 15 is 0 Å². The van der Waals surface area contributed by atoms with Crippen molar-refractivity contribution < 1.29 is 9.47 Å². The molecule has 7 heteroatoms. The molecule has 0 aliphatic rings. The quantitative estimate of drug-likeness (QED) is 0.595. The van der Waals surface area contributed by atoms with Gasteiger partial charge < -0.3 is 14.5 Å². The highest BCUT2D eigenvalue weighted by molar-refractivity contribution is 5.81. The van der Waals surface area contributed by atoms with Crippen molar-refractivity contribution >= 4 is 11.0 Å². The van der Waals surface area contributed by atoms with Crippen molar-refractivity contribution in [1.29, 1.82) is 0 Å². The molecule has 0 aliphatic carbocycles. The van der Waals surface area contributed by atoms with E-state index in [9.17, 15) is 0 Å². The van der Waals surface area contributed by atoms with E-state index in [-0.39, 0.29) is 6.10 Å². The van der Waals surface area contributed by atoms with Crippen LogP contribution in [0.25, 0.3) is 28.1 Å². The van der Waals surface area contributed by atoms with Gasteiger partial charge in [-0.2, -0.15) is 5.10 Å². The van der Waals surface area contributed by atoms with E-state index in [0.717, 1.165) is 33.9 Å². The second-order valence-electron chi connectivity index (χ2n) is 6.16. The van der Waals surface area contributed by atoms with E-state index in [1.165, 1.54) is 6.33 Å². The topological polar surface area (TPSA) is 77.9 Å². The van der Waals surface area contributed by atoms with E-state index in [0.29, 0.717) is 5.75 Å². The molecule has 2 aromatic carbocycles. The first-order valence-corrected chi connectivity index (χ1v) is 8.34. The fourth-order valence-corrected chi connectivity index (χ4v) is 2.78. The van der Waals surface area contributed by atoms with E-state index < -0.39 is 0 Å². The van der Waals surface area contributed by atoms with Gasteiger partial charge in [0.25, 0.3) is 0 Å². The Kier molecular flexibility index (Phi) is 4.04. The Morgan fingerprint density at radius 1 is 1.08 bits per heavy atom. The summed E-state index contributed by atoms with van der Waals surface area (Å²) in [6.07, 6.45) is 3.25. The van der Waals surface area contributed by atoms with E-state index in [2.05, 4.69) is 20.1 Å². The van der Waals surface area contributed by atoms with Gasteiger partial charge in [-0.15, -0.1) is 0 Å². The number of methoxy groups -OCH3 is 1. The second kappa shape index (κ2) is 6.51. The number of aromatic amines is 1. The zero-order valence-corrected chi connectivity index (χ0v) is 14.8. The number of imidazole rings is 1. The number of rotatable bonds is 5. The van der Waals surface area contributed by atoms with E-state index in [1.807, 2.05) is 50.2 Å². The summed E-state index contributed by atoms with van der Waals surface area (Å²) in [5.74, 6) is 2.17.